The molecule has 0 saturated carbocycles. The summed E-state index contributed by atoms with van der Waals surface area (Å²) < 4.78 is 0. The van der Waals surface area contributed by atoms with Crippen LogP contribution in [-0.2, 0) is 9.59 Å². The number of aliphatic imine (C=N–C) groups is 1. The summed E-state index contributed by atoms with van der Waals surface area (Å²) in [5.74, 6) is -1.18. The highest BCUT2D eigenvalue weighted by atomic mass is 35.5. The quantitative estimate of drug-likeness (QED) is 0.846. The molecule has 0 radical (unpaired) electrons. The Hall–Kier alpha value is -2.66. The zero-order valence-corrected chi connectivity index (χ0v) is 16.0. The Morgan fingerprint density at radius 2 is 1.93 bits per heavy atom. The molecule has 5 nitrogen and oxygen atoms in total. The first-order valence-electron chi connectivity index (χ1n) is 8.85. The van der Waals surface area contributed by atoms with Gasteiger partial charge in [-0.1, -0.05) is 55.8 Å². The fourth-order valence-corrected chi connectivity index (χ4v) is 3.35. The first kappa shape index (κ1) is 19.1. The van der Waals surface area contributed by atoms with Crippen molar-refractivity contribution < 1.29 is 14.7 Å². The molecular weight excluding hydrogens is 364 g/mol. The zero-order chi connectivity index (χ0) is 19.6. The number of carboxylic acid groups (broad SMARTS) is 1. The van der Waals surface area contributed by atoms with E-state index in [-0.39, 0.29) is 24.8 Å². The largest absolute Gasteiger partial charge is 0.481 e. The minimum absolute atomic E-state index is 0.0340. The molecule has 1 aliphatic heterocycles. The lowest BCUT2D eigenvalue weighted by atomic mass is 10.00. The Morgan fingerprint density at radius 3 is 2.56 bits per heavy atom. The van der Waals surface area contributed by atoms with Gasteiger partial charge in [0.15, 0.2) is 0 Å². The molecule has 3 rings (SSSR count). The molecule has 0 aromatic heterocycles. The van der Waals surface area contributed by atoms with Crippen molar-refractivity contribution in [2.75, 3.05) is 11.4 Å². The van der Waals surface area contributed by atoms with Crippen molar-refractivity contribution >= 4 is 34.9 Å². The summed E-state index contributed by atoms with van der Waals surface area (Å²) in [7, 11) is 0. The van der Waals surface area contributed by atoms with Crippen LogP contribution in [0.2, 0.25) is 5.02 Å². The highest BCUT2D eigenvalue weighted by Crippen LogP contribution is 2.32. The molecule has 2 aromatic rings. The number of rotatable bonds is 5. The van der Waals surface area contributed by atoms with E-state index in [4.69, 9.17) is 21.7 Å². The number of benzene rings is 2. The monoisotopic (exact) mass is 384 g/mol. The number of carbonyl (C=O) groups is 2. The normalized spacial score (nSPS) is 16.7. The zero-order valence-electron chi connectivity index (χ0n) is 15.2. The number of fused-ring (bicyclic) bond motifs is 1. The molecule has 1 atom stereocenters. The highest BCUT2D eigenvalue weighted by molar-refractivity contribution is 6.32. The fourth-order valence-electron chi connectivity index (χ4n) is 3.17. The van der Waals surface area contributed by atoms with Crippen molar-refractivity contribution in [3.8, 4) is 0 Å². The summed E-state index contributed by atoms with van der Waals surface area (Å²) in [6.07, 6.45) is -0.140. The first-order valence-corrected chi connectivity index (χ1v) is 9.22. The van der Waals surface area contributed by atoms with Crippen LogP contribution in [0.25, 0.3) is 0 Å². The second-order valence-corrected chi connectivity index (χ2v) is 7.26. The van der Waals surface area contributed by atoms with Crippen LogP contribution >= 0.6 is 11.6 Å². The molecule has 0 aliphatic carbocycles. The van der Waals surface area contributed by atoms with Crippen molar-refractivity contribution in [3.63, 3.8) is 0 Å². The number of halogens is 1. The van der Waals surface area contributed by atoms with Gasteiger partial charge in [0.05, 0.1) is 17.8 Å². The molecule has 0 bridgehead atoms. The number of carboxylic acids is 1. The number of hydrogen-bond acceptors (Lipinski definition) is 3. The SMILES string of the molecule is CC(C)[C@H]1N=C(c2ccccc2)c2cc(Cl)ccc2N(CCC(=O)O)C1=O. The van der Waals surface area contributed by atoms with E-state index in [0.29, 0.717) is 16.4 Å². The molecule has 1 heterocycles. The van der Waals surface area contributed by atoms with Gasteiger partial charge in [-0.3, -0.25) is 14.6 Å². The van der Waals surface area contributed by atoms with Gasteiger partial charge < -0.3 is 10.0 Å². The van der Waals surface area contributed by atoms with Crippen LogP contribution in [0.4, 0.5) is 5.69 Å². The van der Waals surface area contributed by atoms with Gasteiger partial charge in [-0.25, -0.2) is 0 Å². The Kier molecular flexibility index (Phi) is 5.61. The van der Waals surface area contributed by atoms with Gasteiger partial charge in [0, 0.05) is 22.7 Å². The van der Waals surface area contributed by atoms with Gasteiger partial charge in [-0.15, -0.1) is 0 Å². The Bertz CT molecular complexity index is 894. The Labute approximate surface area is 163 Å². The van der Waals surface area contributed by atoms with E-state index in [0.717, 1.165) is 11.1 Å². The number of nitrogens with zero attached hydrogens (tertiary/aromatic N) is 2. The van der Waals surface area contributed by atoms with Gasteiger partial charge in [-0.05, 0) is 24.1 Å². The summed E-state index contributed by atoms with van der Waals surface area (Å²) in [6.45, 7) is 3.96. The van der Waals surface area contributed by atoms with E-state index in [9.17, 15) is 9.59 Å². The summed E-state index contributed by atoms with van der Waals surface area (Å²) in [6, 6.07) is 14.3. The summed E-state index contributed by atoms with van der Waals surface area (Å²) >= 11 is 6.24. The van der Waals surface area contributed by atoms with E-state index in [2.05, 4.69) is 0 Å². The van der Waals surface area contributed by atoms with Crippen molar-refractivity contribution in [2.45, 2.75) is 26.3 Å². The number of amides is 1. The lowest BCUT2D eigenvalue weighted by Gasteiger charge is -2.26. The molecule has 0 saturated heterocycles. The average Bonchev–Trinajstić information content (AvgIpc) is 2.75. The smallest absolute Gasteiger partial charge is 0.305 e. The van der Waals surface area contributed by atoms with Crippen LogP contribution in [0, 0.1) is 5.92 Å². The van der Waals surface area contributed by atoms with E-state index in [1.165, 1.54) is 4.90 Å². The number of carbonyl (C=O) groups excluding carboxylic acids is 1. The summed E-state index contributed by atoms with van der Waals surface area (Å²) in [4.78, 5) is 30.7. The number of benzodiazepines with no additional fused rings is 1. The molecule has 1 N–H and O–H groups in total. The minimum Gasteiger partial charge on any atom is -0.481 e. The maximum atomic E-state index is 13.2. The fraction of sp³-hybridized carbons (Fsp3) is 0.286. The first-order chi connectivity index (χ1) is 12.9. The van der Waals surface area contributed by atoms with Crippen LogP contribution in [-0.4, -0.2) is 35.3 Å². The van der Waals surface area contributed by atoms with Crippen molar-refractivity contribution in [2.24, 2.45) is 10.9 Å². The molecule has 1 amide bonds. The van der Waals surface area contributed by atoms with Crippen molar-refractivity contribution in [3.05, 3.63) is 64.7 Å². The van der Waals surface area contributed by atoms with Gasteiger partial charge >= 0.3 is 5.97 Å². The molecule has 140 valence electrons. The van der Waals surface area contributed by atoms with Gasteiger partial charge in [0.25, 0.3) is 5.91 Å². The van der Waals surface area contributed by atoms with Gasteiger partial charge in [-0.2, -0.15) is 0 Å². The molecule has 1 aliphatic rings. The Balaban J connectivity index is 2.21. The van der Waals surface area contributed by atoms with Crippen molar-refractivity contribution in [1.29, 1.82) is 0 Å². The van der Waals surface area contributed by atoms with Crippen LogP contribution in [0.5, 0.6) is 0 Å². The predicted molar refractivity (Wildman–Crippen MR) is 107 cm³/mol. The molecular formula is C21H21ClN2O3. The molecule has 0 spiro atoms. The lowest BCUT2D eigenvalue weighted by molar-refractivity contribution is -0.136. The summed E-state index contributed by atoms with van der Waals surface area (Å²) in [5.41, 5.74) is 2.95. The van der Waals surface area contributed by atoms with E-state index in [1.807, 2.05) is 44.2 Å². The van der Waals surface area contributed by atoms with Crippen LogP contribution in [0.3, 0.4) is 0 Å². The van der Waals surface area contributed by atoms with E-state index in [1.54, 1.807) is 18.2 Å². The molecule has 0 fully saturated rings. The molecule has 0 unspecified atom stereocenters. The third-order valence-electron chi connectivity index (χ3n) is 4.52. The molecule has 2 aromatic carbocycles. The molecule has 6 heteroatoms. The van der Waals surface area contributed by atoms with Crippen molar-refractivity contribution in [1.82, 2.24) is 0 Å². The van der Waals surface area contributed by atoms with E-state index < -0.39 is 12.0 Å². The van der Waals surface area contributed by atoms with Crippen LogP contribution < -0.4 is 4.90 Å². The molecule has 27 heavy (non-hydrogen) atoms. The summed E-state index contributed by atoms with van der Waals surface area (Å²) in [5, 5.41) is 9.64. The maximum absolute atomic E-state index is 13.2. The van der Waals surface area contributed by atoms with Crippen LogP contribution in [0.15, 0.2) is 53.5 Å². The number of aliphatic carboxylic acids is 1. The maximum Gasteiger partial charge on any atom is 0.305 e. The van der Waals surface area contributed by atoms with Crippen LogP contribution in [0.1, 0.15) is 31.4 Å². The second kappa shape index (κ2) is 7.92. The third-order valence-corrected chi connectivity index (χ3v) is 4.75. The predicted octanol–water partition coefficient (Wildman–Crippen LogP) is 4.02. The highest BCUT2D eigenvalue weighted by Gasteiger charge is 2.33. The number of hydrogen-bond donors (Lipinski definition) is 1. The topological polar surface area (TPSA) is 70.0 Å². The number of anilines is 1. The second-order valence-electron chi connectivity index (χ2n) is 6.83. The Morgan fingerprint density at radius 1 is 1.22 bits per heavy atom. The van der Waals surface area contributed by atoms with Gasteiger partial charge in [0.1, 0.15) is 6.04 Å². The lowest BCUT2D eigenvalue weighted by Crippen LogP contribution is -2.41. The third kappa shape index (κ3) is 4.03. The van der Waals surface area contributed by atoms with E-state index >= 15 is 0 Å². The standard InChI is InChI=1S/C21H21ClN2O3/c1-13(2)19-21(27)24(11-10-18(25)26)17-9-8-15(22)12-16(17)20(23-19)14-6-4-3-5-7-14/h3-9,12-13,19H,10-11H2,1-2H3,(H,25,26)/t19-/m1/s1. The minimum atomic E-state index is -0.951. The average molecular weight is 385 g/mol. The van der Waals surface area contributed by atoms with Gasteiger partial charge in [0.2, 0.25) is 0 Å².